The monoisotopic (exact) mass is 696 g/mol. The van der Waals surface area contributed by atoms with Crippen LogP contribution >= 0.6 is 11.6 Å². The number of methoxy groups -OCH3 is 2. The van der Waals surface area contributed by atoms with Crippen molar-refractivity contribution < 1.29 is 45.4 Å². The second-order valence-electron chi connectivity index (χ2n) is 11.2. The van der Waals surface area contributed by atoms with Crippen LogP contribution in [0.2, 0.25) is 5.02 Å². The quantitative estimate of drug-likeness (QED) is 0.374. The Morgan fingerprint density at radius 1 is 1.02 bits per heavy atom. The van der Waals surface area contributed by atoms with E-state index in [0.29, 0.717) is 16.4 Å². The molecule has 2 amide bonds. The molecule has 0 spiro atoms. The zero-order valence-electron chi connectivity index (χ0n) is 26.0. The highest BCUT2D eigenvalue weighted by atomic mass is 35.5. The number of nitrogens with zero attached hydrogens (tertiary/aromatic N) is 3. The predicted octanol–water partition coefficient (Wildman–Crippen LogP) is 3.91. The molecule has 16 heteroatoms. The number of alkyl halides is 3. The van der Waals surface area contributed by atoms with Crippen LogP contribution in [0.15, 0.2) is 59.5 Å². The Labute approximate surface area is 274 Å². The second kappa shape index (κ2) is 12.5. The number of hydrogen-bond acceptors (Lipinski definition) is 9. The van der Waals surface area contributed by atoms with Crippen molar-refractivity contribution in [1.82, 2.24) is 15.1 Å². The average Bonchev–Trinajstić information content (AvgIpc) is 3.27. The fourth-order valence-corrected chi connectivity index (χ4v) is 7.87. The summed E-state index contributed by atoms with van der Waals surface area (Å²) in [4.78, 5) is 31.0. The number of ether oxygens (including phenoxy) is 3. The molecule has 47 heavy (non-hydrogen) atoms. The summed E-state index contributed by atoms with van der Waals surface area (Å²) in [7, 11) is 0.517. The van der Waals surface area contributed by atoms with Gasteiger partial charge < -0.3 is 24.4 Å². The summed E-state index contributed by atoms with van der Waals surface area (Å²) in [6.07, 6.45) is -5.28. The lowest BCUT2D eigenvalue weighted by atomic mass is 9.79. The fourth-order valence-electron chi connectivity index (χ4n) is 6.14. The van der Waals surface area contributed by atoms with E-state index in [1.165, 1.54) is 37.3 Å². The Hall–Kier alpha value is -4.05. The zero-order valence-corrected chi connectivity index (χ0v) is 27.6. The third-order valence-electron chi connectivity index (χ3n) is 8.10. The summed E-state index contributed by atoms with van der Waals surface area (Å²) in [5.74, 6) is -2.47. The van der Waals surface area contributed by atoms with E-state index in [2.05, 4.69) is 10.1 Å². The third kappa shape index (κ3) is 5.85. The first-order valence-electron chi connectivity index (χ1n) is 14.2. The van der Waals surface area contributed by atoms with E-state index in [4.69, 9.17) is 21.1 Å². The Morgan fingerprint density at radius 3 is 2.38 bits per heavy atom. The van der Waals surface area contributed by atoms with Crippen molar-refractivity contribution in [2.24, 2.45) is 0 Å². The van der Waals surface area contributed by atoms with E-state index in [1.807, 2.05) is 0 Å². The number of carbonyl (C=O) groups excluding carboxylic acids is 2. The summed E-state index contributed by atoms with van der Waals surface area (Å²) < 4.78 is 85.2. The number of fused-ring (bicyclic) bond motifs is 1. The maximum Gasteiger partial charge on any atom is 0.573 e. The molecule has 2 unspecified atom stereocenters. The smallest absolute Gasteiger partial charge is 0.497 e. The molecule has 2 atom stereocenters. The van der Waals surface area contributed by atoms with E-state index >= 15 is 4.79 Å². The van der Waals surface area contributed by atoms with Crippen LogP contribution in [0.5, 0.6) is 17.2 Å². The van der Waals surface area contributed by atoms with E-state index in [0.717, 1.165) is 18.2 Å². The molecular formula is C31H32ClF3N4O7S. The van der Waals surface area contributed by atoms with Gasteiger partial charge in [0.1, 0.15) is 22.4 Å². The normalized spacial score (nSPS) is 20.1. The zero-order chi connectivity index (χ0) is 34.5. The molecule has 0 aliphatic carbocycles. The van der Waals surface area contributed by atoms with Gasteiger partial charge in [-0.05, 0) is 49.4 Å². The van der Waals surface area contributed by atoms with Crippen molar-refractivity contribution in [3.05, 3.63) is 76.3 Å². The molecule has 2 aliphatic rings. The number of halogens is 4. The summed E-state index contributed by atoms with van der Waals surface area (Å²) >= 11 is 6.51. The predicted molar refractivity (Wildman–Crippen MR) is 166 cm³/mol. The highest BCUT2D eigenvalue weighted by Crippen LogP contribution is 2.54. The Kier molecular flexibility index (Phi) is 9.14. The van der Waals surface area contributed by atoms with Gasteiger partial charge in [0, 0.05) is 55.9 Å². The van der Waals surface area contributed by atoms with Gasteiger partial charge in [-0.25, -0.2) is 12.7 Å². The minimum atomic E-state index is -5.28. The van der Waals surface area contributed by atoms with Crippen LogP contribution in [0.4, 0.5) is 18.9 Å². The van der Waals surface area contributed by atoms with Crippen molar-refractivity contribution in [3.8, 4) is 17.2 Å². The molecule has 0 saturated carbocycles. The van der Waals surface area contributed by atoms with Gasteiger partial charge in [-0.3, -0.25) is 14.5 Å². The number of sulfonamides is 1. The van der Waals surface area contributed by atoms with Crippen LogP contribution in [-0.4, -0.2) is 90.4 Å². The highest BCUT2D eigenvalue weighted by molar-refractivity contribution is 7.93. The van der Waals surface area contributed by atoms with Crippen LogP contribution in [-0.2, 0) is 25.2 Å². The minimum absolute atomic E-state index is 0.0812. The van der Waals surface area contributed by atoms with Crippen LogP contribution in [0.1, 0.15) is 16.7 Å². The highest BCUT2D eigenvalue weighted by Gasteiger charge is 2.63. The molecule has 0 radical (unpaired) electrons. The van der Waals surface area contributed by atoms with Crippen LogP contribution < -0.4 is 23.8 Å². The van der Waals surface area contributed by atoms with Gasteiger partial charge in [0.15, 0.2) is 11.3 Å². The molecule has 1 fully saturated rings. The number of carbonyl (C=O) groups is 2. The lowest BCUT2D eigenvalue weighted by molar-refractivity contribution is -0.275. The summed E-state index contributed by atoms with van der Waals surface area (Å²) in [5.41, 5.74) is -1.25. The van der Waals surface area contributed by atoms with Crippen molar-refractivity contribution in [2.45, 2.75) is 29.8 Å². The number of piperazine rings is 1. The first-order chi connectivity index (χ1) is 22.1. The molecule has 3 aromatic carbocycles. The number of hydrogen-bond donors (Lipinski definition) is 1. The first kappa shape index (κ1) is 34.3. The van der Waals surface area contributed by atoms with Crippen LogP contribution in [0, 0.1) is 6.92 Å². The molecule has 0 bridgehead atoms. The maximum absolute atomic E-state index is 15.3. The molecule has 3 aromatic rings. The largest absolute Gasteiger partial charge is 0.573 e. The standard InChI is InChI=1S/C31H32ClF3N4O7S/c1-18-6-10-25(45-5)22(14-18)30(38-13-12-36-17-24(38)28(40)37(2)3)21-15-19(32)7-9-23(21)39(29(30)41)47(42,43)27-11-8-20(44-4)16-26(27)46-31(33,34)35/h6-11,14-16,24,36H,12-13,17H2,1-5H3. The molecule has 2 aliphatic heterocycles. The molecule has 1 saturated heterocycles. The van der Waals surface area contributed by atoms with Gasteiger partial charge in [-0.15, -0.1) is 13.2 Å². The average molecular weight is 697 g/mol. The molecular weight excluding hydrogens is 665 g/mol. The summed E-state index contributed by atoms with van der Waals surface area (Å²) in [6.45, 7) is 2.26. The van der Waals surface area contributed by atoms with Crippen LogP contribution in [0.25, 0.3) is 0 Å². The topological polar surface area (TPSA) is 118 Å². The maximum atomic E-state index is 15.3. The summed E-state index contributed by atoms with van der Waals surface area (Å²) in [6, 6.07) is 10.9. The first-order valence-corrected chi connectivity index (χ1v) is 16.1. The van der Waals surface area contributed by atoms with E-state index in [9.17, 15) is 26.4 Å². The number of aryl methyl sites for hydroxylation is 1. The Bertz CT molecular complexity index is 1840. The van der Waals surface area contributed by atoms with E-state index in [1.54, 1.807) is 44.1 Å². The van der Waals surface area contributed by atoms with Gasteiger partial charge in [0.2, 0.25) is 5.91 Å². The number of anilines is 1. The van der Waals surface area contributed by atoms with E-state index in [-0.39, 0.29) is 52.3 Å². The Balaban J connectivity index is 1.87. The SMILES string of the molecule is COc1ccc(S(=O)(=O)N2C(=O)C(c3cc(C)ccc3OC)(N3CCNCC3C(=O)N(C)C)c3cc(Cl)ccc32)c(OC(F)(F)F)c1. The van der Waals surface area contributed by atoms with Crippen molar-refractivity contribution in [2.75, 3.05) is 52.3 Å². The lowest BCUT2D eigenvalue weighted by Crippen LogP contribution is -2.67. The third-order valence-corrected chi connectivity index (χ3v) is 10.1. The molecule has 252 valence electrons. The van der Waals surface area contributed by atoms with Crippen LogP contribution in [0.3, 0.4) is 0 Å². The number of benzene rings is 3. The Morgan fingerprint density at radius 2 is 1.74 bits per heavy atom. The van der Waals surface area contributed by atoms with Gasteiger partial charge in [0.25, 0.3) is 15.9 Å². The number of likely N-dealkylation sites (N-methyl/N-ethyl adjacent to an activating group) is 1. The minimum Gasteiger partial charge on any atom is -0.497 e. The fraction of sp³-hybridized carbons (Fsp3) is 0.355. The molecule has 5 rings (SSSR count). The summed E-state index contributed by atoms with van der Waals surface area (Å²) in [5, 5.41) is 3.31. The number of nitrogens with one attached hydrogen (secondary N) is 1. The van der Waals surface area contributed by atoms with Crippen molar-refractivity contribution in [3.63, 3.8) is 0 Å². The number of rotatable bonds is 8. The molecule has 1 N–H and O–H groups in total. The van der Waals surface area contributed by atoms with Crippen molar-refractivity contribution in [1.29, 1.82) is 0 Å². The van der Waals surface area contributed by atoms with Gasteiger partial charge in [-0.1, -0.05) is 23.2 Å². The van der Waals surface area contributed by atoms with Gasteiger partial charge in [0.05, 0.1) is 19.9 Å². The molecule has 0 aromatic heterocycles. The second-order valence-corrected chi connectivity index (χ2v) is 13.3. The molecule has 2 heterocycles. The van der Waals surface area contributed by atoms with Gasteiger partial charge in [-0.2, -0.15) is 0 Å². The van der Waals surface area contributed by atoms with Crippen molar-refractivity contribution >= 4 is 39.1 Å². The van der Waals surface area contributed by atoms with E-state index < -0.39 is 44.5 Å². The van der Waals surface area contributed by atoms with Gasteiger partial charge >= 0.3 is 6.36 Å². The molecule has 11 nitrogen and oxygen atoms in total. The lowest BCUT2D eigenvalue weighted by Gasteiger charge is -2.47. The number of amides is 2.